The third-order valence-electron chi connectivity index (χ3n) is 3.92. The number of amides is 1. The molecule has 1 saturated heterocycles. The van der Waals surface area contributed by atoms with Crippen LogP contribution in [-0.4, -0.2) is 29.9 Å². The summed E-state index contributed by atoms with van der Waals surface area (Å²) in [4.78, 5) is 14.4. The number of nitrogens with zero attached hydrogens (tertiary/aromatic N) is 1. The van der Waals surface area contributed by atoms with E-state index in [1.807, 2.05) is 30.3 Å². The number of nitrogens with one attached hydrogen (secondary N) is 1. The second-order valence-corrected chi connectivity index (χ2v) is 5.02. The molecule has 1 aliphatic heterocycles. The Morgan fingerprint density at radius 2 is 2.06 bits per heavy atom. The van der Waals surface area contributed by atoms with Crippen molar-refractivity contribution in [3.8, 4) is 0 Å². The second kappa shape index (κ2) is 6.01. The molecule has 2 atom stereocenters. The normalized spacial score (nSPS) is 24.1. The second-order valence-electron chi connectivity index (χ2n) is 5.02. The summed E-state index contributed by atoms with van der Waals surface area (Å²) in [5.41, 5.74) is 1.15. The van der Waals surface area contributed by atoms with E-state index in [1.54, 1.807) is 0 Å². The third-order valence-corrected chi connectivity index (χ3v) is 3.92. The van der Waals surface area contributed by atoms with Crippen LogP contribution in [-0.2, 0) is 11.3 Å². The predicted molar refractivity (Wildman–Crippen MR) is 73.2 cm³/mol. The highest BCUT2D eigenvalue weighted by Crippen LogP contribution is 2.24. The first-order valence-electron chi connectivity index (χ1n) is 6.76. The van der Waals surface area contributed by atoms with Crippen molar-refractivity contribution < 1.29 is 4.79 Å². The topological polar surface area (TPSA) is 32.3 Å². The average Bonchev–Trinajstić information content (AvgIpc) is 2.78. The zero-order valence-corrected chi connectivity index (χ0v) is 11.2. The zero-order valence-electron chi connectivity index (χ0n) is 11.2. The van der Waals surface area contributed by atoms with Crippen LogP contribution in [0.15, 0.2) is 30.3 Å². The Morgan fingerprint density at radius 3 is 2.67 bits per heavy atom. The van der Waals surface area contributed by atoms with Gasteiger partial charge in [-0.05, 0) is 31.9 Å². The number of carbonyl (C=O) groups excluding carboxylic acids is 1. The first-order valence-corrected chi connectivity index (χ1v) is 6.76. The van der Waals surface area contributed by atoms with Gasteiger partial charge in [-0.2, -0.15) is 0 Å². The van der Waals surface area contributed by atoms with Crippen LogP contribution >= 0.6 is 0 Å². The minimum Gasteiger partial charge on any atom is -0.351 e. The molecule has 18 heavy (non-hydrogen) atoms. The van der Waals surface area contributed by atoms with Gasteiger partial charge in [0.15, 0.2) is 0 Å². The number of rotatable bonds is 4. The summed E-state index contributed by atoms with van der Waals surface area (Å²) in [5.74, 6) is 0.164. The summed E-state index contributed by atoms with van der Waals surface area (Å²) >= 11 is 0. The Labute approximate surface area is 109 Å². The van der Waals surface area contributed by atoms with Crippen molar-refractivity contribution in [2.75, 3.05) is 7.05 Å². The van der Waals surface area contributed by atoms with Crippen LogP contribution in [0.2, 0.25) is 0 Å². The quantitative estimate of drug-likeness (QED) is 0.883. The van der Waals surface area contributed by atoms with Gasteiger partial charge in [0.25, 0.3) is 0 Å². The summed E-state index contributed by atoms with van der Waals surface area (Å²) in [7, 11) is 2.06. The van der Waals surface area contributed by atoms with E-state index in [0.717, 1.165) is 24.8 Å². The van der Waals surface area contributed by atoms with Crippen LogP contribution in [0.5, 0.6) is 0 Å². The molecule has 0 bridgehead atoms. The molecule has 0 radical (unpaired) electrons. The van der Waals surface area contributed by atoms with Gasteiger partial charge in [-0.25, -0.2) is 0 Å². The van der Waals surface area contributed by atoms with E-state index in [2.05, 4.69) is 24.2 Å². The van der Waals surface area contributed by atoms with E-state index in [-0.39, 0.29) is 11.9 Å². The Morgan fingerprint density at radius 1 is 1.33 bits per heavy atom. The Balaban J connectivity index is 1.86. The summed E-state index contributed by atoms with van der Waals surface area (Å²) in [5, 5.41) is 3.04. The van der Waals surface area contributed by atoms with Gasteiger partial charge in [0, 0.05) is 12.6 Å². The van der Waals surface area contributed by atoms with Crippen molar-refractivity contribution >= 4 is 5.91 Å². The fourth-order valence-corrected chi connectivity index (χ4v) is 2.72. The van der Waals surface area contributed by atoms with Crippen molar-refractivity contribution in [2.45, 2.75) is 44.8 Å². The SMILES string of the molecule is CC[C@H]1CC[C@@H](C(=O)NCc2ccccc2)N1C. The molecule has 1 heterocycles. The molecule has 1 aromatic rings. The lowest BCUT2D eigenvalue weighted by atomic mass is 10.1. The monoisotopic (exact) mass is 246 g/mol. The van der Waals surface area contributed by atoms with E-state index in [4.69, 9.17) is 0 Å². The van der Waals surface area contributed by atoms with E-state index < -0.39 is 0 Å². The van der Waals surface area contributed by atoms with Gasteiger partial charge in [0.05, 0.1) is 6.04 Å². The Kier molecular flexibility index (Phi) is 4.37. The number of carbonyl (C=O) groups is 1. The van der Waals surface area contributed by atoms with Crippen molar-refractivity contribution in [1.82, 2.24) is 10.2 Å². The molecule has 98 valence electrons. The molecule has 2 rings (SSSR count). The van der Waals surface area contributed by atoms with E-state index in [0.29, 0.717) is 12.6 Å². The Bertz CT molecular complexity index is 391. The van der Waals surface area contributed by atoms with Gasteiger partial charge in [0.2, 0.25) is 5.91 Å². The molecule has 1 N–H and O–H groups in total. The van der Waals surface area contributed by atoms with Crippen LogP contribution in [0.25, 0.3) is 0 Å². The molecule has 0 aliphatic carbocycles. The molecular formula is C15H22N2O. The molecule has 0 saturated carbocycles. The number of likely N-dealkylation sites (N-methyl/N-ethyl adjacent to an activating group) is 1. The zero-order chi connectivity index (χ0) is 13.0. The van der Waals surface area contributed by atoms with Crippen molar-refractivity contribution in [1.29, 1.82) is 0 Å². The van der Waals surface area contributed by atoms with Crippen LogP contribution < -0.4 is 5.32 Å². The largest absolute Gasteiger partial charge is 0.351 e. The summed E-state index contributed by atoms with van der Waals surface area (Å²) < 4.78 is 0. The molecule has 0 spiro atoms. The lowest BCUT2D eigenvalue weighted by molar-refractivity contribution is -0.125. The fourth-order valence-electron chi connectivity index (χ4n) is 2.72. The summed E-state index contributed by atoms with van der Waals surface area (Å²) in [6.07, 6.45) is 3.24. The van der Waals surface area contributed by atoms with Gasteiger partial charge >= 0.3 is 0 Å². The van der Waals surface area contributed by atoms with Gasteiger partial charge in [-0.1, -0.05) is 37.3 Å². The van der Waals surface area contributed by atoms with Crippen LogP contribution in [0.1, 0.15) is 31.7 Å². The maximum absolute atomic E-state index is 12.1. The molecule has 0 aromatic heterocycles. The van der Waals surface area contributed by atoms with Gasteiger partial charge in [-0.3, -0.25) is 9.69 Å². The van der Waals surface area contributed by atoms with Gasteiger partial charge in [0.1, 0.15) is 0 Å². The molecule has 3 nitrogen and oxygen atoms in total. The predicted octanol–water partition coefficient (Wildman–Crippen LogP) is 2.18. The summed E-state index contributed by atoms with van der Waals surface area (Å²) in [6, 6.07) is 10.7. The number of hydrogen-bond acceptors (Lipinski definition) is 2. The molecule has 3 heteroatoms. The lowest BCUT2D eigenvalue weighted by Gasteiger charge is -2.24. The third kappa shape index (κ3) is 2.91. The molecule has 0 unspecified atom stereocenters. The maximum Gasteiger partial charge on any atom is 0.237 e. The number of benzene rings is 1. The van der Waals surface area contributed by atoms with E-state index >= 15 is 0 Å². The van der Waals surface area contributed by atoms with E-state index in [9.17, 15) is 4.79 Å². The highest BCUT2D eigenvalue weighted by atomic mass is 16.2. The number of hydrogen-bond donors (Lipinski definition) is 1. The fraction of sp³-hybridized carbons (Fsp3) is 0.533. The highest BCUT2D eigenvalue weighted by Gasteiger charge is 2.33. The van der Waals surface area contributed by atoms with Gasteiger partial charge < -0.3 is 5.32 Å². The molecule has 1 aromatic carbocycles. The molecular weight excluding hydrogens is 224 g/mol. The number of likely N-dealkylation sites (tertiary alicyclic amines) is 1. The van der Waals surface area contributed by atoms with Crippen molar-refractivity contribution in [3.05, 3.63) is 35.9 Å². The van der Waals surface area contributed by atoms with Gasteiger partial charge in [-0.15, -0.1) is 0 Å². The smallest absolute Gasteiger partial charge is 0.237 e. The maximum atomic E-state index is 12.1. The minimum atomic E-state index is 0.0543. The standard InChI is InChI=1S/C15H22N2O/c1-3-13-9-10-14(17(13)2)15(18)16-11-12-7-5-4-6-8-12/h4-8,13-14H,3,9-11H2,1-2H3,(H,16,18)/t13-,14-/m0/s1. The van der Waals surface area contributed by atoms with Crippen LogP contribution in [0, 0.1) is 0 Å². The Hall–Kier alpha value is -1.35. The summed E-state index contributed by atoms with van der Waals surface area (Å²) in [6.45, 7) is 2.81. The molecule has 1 amide bonds. The lowest BCUT2D eigenvalue weighted by Crippen LogP contribution is -2.43. The van der Waals surface area contributed by atoms with E-state index in [1.165, 1.54) is 0 Å². The highest BCUT2D eigenvalue weighted by molar-refractivity contribution is 5.82. The molecule has 1 aliphatic rings. The van der Waals surface area contributed by atoms with Crippen LogP contribution in [0.4, 0.5) is 0 Å². The molecule has 1 fully saturated rings. The van der Waals surface area contributed by atoms with Crippen molar-refractivity contribution in [3.63, 3.8) is 0 Å². The minimum absolute atomic E-state index is 0.0543. The first-order chi connectivity index (χ1) is 8.72. The first kappa shape index (κ1) is 13.1. The van der Waals surface area contributed by atoms with Crippen molar-refractivity contribution in [2.24, 2.45) is 0 Å². The average molecular weight is 246 g/mol. The van der Waals surface area contributed by atoms with Crippen LogP contribution in [0.3, 0.4) is 0 Å².